The van der Waals surface area contributed by atoms with Crippen molar-refractivity contribution in [1.29, 1.82) is 0 Å². The molecular weight excluding hydrogens is 252 g/mol. The molecule has 4 nitrogen and oxygen atoms in total. The van der Waals surface area contributed by atoms with Gasteiger partial charge in [0.1, 0.15) is 0 Å². The maximum absolute atomic E-state index is 10.9. The number of hydrogen-bond acceptors (Lipinski definition) is 3. The topological polar surface area (TPSA) is 55.2 Å². The lowest BCUT2D eigenvalue weighted by atomic mass is 10.1. The minimum atomic E-state index is -0.392. The van der Waals surface area contributed by atoms with Crippen LogP contribution >= 0.6 is 11.6 Å². The van der Waals surface area contributed by atoms with E-state index in [1.54, 1.807) is 12.1 Å². The van der Waals surface area contributed by atoms with Crippen molar-refractivity contribution in [2.45, 2.75) is 33.2 Å². The van der Waals surface area contributed by atoms with Gasteiger partial charge in [-0.05, 0) is 31.4 Å². The highest BCUT2D eigenvalue weighted by atomic mass is 35.5. The Morgan fingerprint density at radius 3 is 2.78 bits per heavy atom. The maximum Gasteiger partial charge on any atom is 0.275 e. The molecule has 100 valence electrons. The fourth-order valence-electron chi connectivity index (χ4n) is 1.74. The van der Waals surface area contributed by atoms with Gasteiger partial charge in [-0.3, -0.25) is 10.1 Å². The molecule has 0 spiro atoms. The van der Waals surface area contributed by atoms with Crippen molar-refractivity contribution in [2.24, 2.45) is 5.92 Å². The molecule has 18 heavy (non-hydrogen) atoms. The van der Waals surface area contributed by atoms with E-state index in [0.717, 1.165) is 19.4 Å². The Hall–Kier alpha value is -1.13. The molecule has 1 rings (SSSR count). The Morgan fingerprint density at radius 1 is 1.44 bits per heavy atom. The Labute approximate surface area is 112 Å². The Bertz CT molecular complexity index is 408. The average molecular weight is 271 g/mol. The van der Waals surface area contributed by atoms with Gasteiger partial charge in [-0.25, -0.2) is 0 Å². The van der Waals surface area contributed by atoms with Gasteiger partial charge >= 0.3 is 0 Å². The molecule has 0 fully saturated rings. The van der Waals surface area contributed by atoms with E-state index >= 15 is 0 Å². The molecule has 0 aliphatic rings. The number of benzene rings is 1. The second-order valence-electron chi connectivity index (χ2n) is 4.71. The SMILES string of the molecule is CC(C)CCCNCc1c(Cl)cccc1[N+](=O)[O-]. The first-order chi connectivity index (χ1) is 8.52. The smallest absolute Gasteiger partial charge is 0.275 e. The van der Waals surface area contributed by atoms with E-state index in [1.807, 2.05) is 0 Å². The van der Waals surface area contributed by atoms with Crippen LogP contribution in [0.2, 0.25) is 5.02 Å². The fourth-order valence-corrected chi connectivity index (χ4v) is 1.98. The summed E-state index contributed by atoms with van der Waals surface area (Å²) in [4.78, 5) is 10.5. The van der Waals surface area contributed by atoms with Crippen molar-refractivity contribution in [3.63, 3.8) is 0 Å². The maximum atomic E-state index is 10.9. The monoisotopic (exact) mass is 270 g/mol. The van der Waals surface area contributed by atoms with Crippen LogP contribution in [0.5, 0.6) is 0 Å². The number of halogens is 1. The largest absolute Gasteiger partial charge is 0.312 e. The van der Waals surface area contributed by atoms with Crippen LogP contribution in [0.25, 0.3) is 0 Å². The lowest BCUT2D eigenvalue weighted by Crippen LogP contribution is -2.16. The molecular formula is C13H19ClN2O2. The number of nitrogens with one attached hydrogen (secondary N) is 1. The van der Waals surface area contributed by atoms with E-state index in [1.165, 1.54) is 6.07 Å². The van der Waals surface area contributed by atoms with Crippen LogP contribution in [-0.2, 0) is 6.54 Å². The molecule has 0 radical (unpaired) electrons. The third-order valence-electron chi connectivity index (χ3n) is 2.73. The third-order valence-corrected chi connectivity index (χ3v) is 3.08. The number of hydrogen-bond donors (Lipinski definition) is 1. The molecule has 1 aromatic carbocycles. The number of nitro groups is 1. The van der Waals surface area contributed by atoms with Gasteiger partial charge in [0.2, 0.25) is 0 Å². The Morgan fingerprint density at radius 2 is 2.17 bits per heavy atom. The predicted molar refractivity (Wildman–Crippen MR) is 73.9 cm³/mol. The molecule has 0 atom stereocenters. The zero-order chi connectivity index (χ0) is 13.5. The van der Waals surface area contributed by atoms with Crippen molar-refractivity contribution in [2.75, 3.05) is 6.54 Å². The summed E-state index contributed by atoms with van der Waals surface area (Å²) in [5.74, 6) is 0.682. The van der Waals surface area contributed by atoms with Gasteiger partial charge in [0.05, 0.1) is 15.5 Å². The van der Waals surface area contributed by atoms with Crippen molar-refractivity contribution >= 4 is 17.3 Å². The van der Waals surface area contributed by atoms with Crippen molar-refractivity contribution in [1.82, 2.24) is 5.32 Å². The minimum absolute atomic E-state index is 0.0823. The molecule has 0 aromatic heterocycles. The molecule has 1 N–H and O–H groups in total. The van der Waals surface area contributed by atoms with Gasteiger partial charge in [0.15, 0.2) is 0 Å². The first-order valence-corrected chi connectivity index (χ1v) is 6.52. The third kappa shape index (κ3) is 4.63. The summed E-state index contributed by atoms with van der Waals surface area (Å²) >= 11 is 5.99. The number of nitrogens with zero attached hydrogens (tertiary/aromatic N) is 1. The highest BCUT2D eigenvalue weighted by molar-refractivity contribution is 6.31. The van der Waals surface area contributed by atoms with Gasteiger partial charge in [-0.15, -0.1) is 0 Å². The van der Waals surface area contributed by atoms with Crippen molar-refractivity contribution < 1.29 is 4.92 Å². The van der Waals surface area contributed by atoms with Crippen LogP contribution in [0.1, 0.15) is 32.3 Å². The first-order valence-electron chi connectivity index (χ1n) is 6.15. The molecule has 0 saturated carbocycles. The van der Waals surface area contributed by atoms with Crippen LogP contribution in [0.4, 0.5) is 5.69 Å². The molecule has 0 unspecified atom stereocenters. The van der Waals surface area contributed by atoms with Crippen molar-refractivity contribution in [3.05, 3.63) is 38.9 Å². The summed E-state index contributed by atoms with van der Waals surface area (Å²) in [5, 5.41) is 14.5. The molecule has 1 aromatic rings. The summed E-state index contributed by atoms with van der Waals surface area (Å²) in [6, 6.07) is 4.76. The number of nitro benzene ring substituents is 1. The zero-order valence-electron chi connectivity index (χ0n) is 10.8. The zero-order valence-corrected chi connectivity index (χ0v) is 11.5. The first kappa shape index (κ1) is 14.9. The highest BCUT2D eigenvalue weighted by Gasteiger charge is 2.15. The molecule has 0 bridgehead atoms. The van der Waals surface area contributed by atoms with Crippen molar-refractivity contribution in [3.8, 4) is 0 Å². The lowest BCUT2D eigenvalue weighted by molar-refractivity contribution is -0.385. The van der Waals surface area contributed by atoms with E-state index in [9.17, 15) is 10.1 Å². The Balaban J connectivity index is 2.53. The second kappa shape index (κ2) is 7.34. The van der Waals surface area contributed by atoms with E-state index < -0.39 is 4.92 Å². The standard InChI is InChI=1S/C13H19ClN2O2/c1-10(2)5-4-8-15-9-11-12(14)6-3-7-13(11)16(17)18/h3,6-7,10,15H,4-5,8-9H2,1-2H3. The lowest BCUT2D eigenvalue weighted by Gasteiger charge is -2.08. The normalized spacial score (nSPS) is 10.9. The van der Waals surface area contributed by atoms with Gasteiger partial charge in [0.25, 0.3) is 5.69 Å². The molecule has 0 aliphatic heterocycles. The molecule has 0 amide bonds. The van der Waals surface area contributed by atoms with E-state index in [-0.39, 0.29) is 5.69 Å². The van der Waals surface area contributed by atoms with Gasteiger partial charge < -0.3 is 5.32 Å². The summed E-state index contributed by atoms with van der Waals surface area (Å²) in [6.07, 6.45) is 2.22. The van der Waals surface area contributed by atoms with Crippen LogP contribution in [0.15, 0.2) is 18.2 Å². The van der Waals surface area contributed by atoms with Gasteiger partial charge in [0, 0.05) is 12.6 Å². The molecule has 0 aliphatic carbocycles. The quantitative estimate of drug-likeness (QED) is 0.466. The molecule has 5 heteroatoms. The van der Waals surface area contributed by atoms with E-state index in [2.05, 4.69) is 19.2 Å². The summed E-state index contributed by atoms with van der Waals surface area (Å²) in [5.41, 5.74) is 0.646. The van der Waals surface area contributed by atoms with Crippen LogP contribution < -0.4 is 5.32 Å². The van der Waals surface area contributed by atoms with Gasteiger partial charge in [-0.1, -0.05) is 31.5 Å². The van der Waals surface area contributed by atoms with Gasteiger partial charge in [-0.2, -0.15) is 0 Å². The minimum Gasteiger partial charge on any atom is -0.312 e. The fraction of sp³-hybridized carbons (Fsp3) is 0.538. The van der Waals surface area contributed by atoms with Crippen LogP contribution in [0.3, 0.4) is 0 Å². The van der Waals surface area contributed by atoms with E-state index in [4.69, 9.17) is 11.6 Å². The second-order valence-corrected chi connectivity index (χ2v) is 5.11. The summed E-state index contributed by atoms with van der Waals surface area (Å²) in [7, 11) is 0. The number of rotatable bonds is 7. The summed E-state index contributed by atoms with van der Waals surface area (Å²) < 4.78 is 0. The highest BCUT2D eigenvalue weighted by Crippen LogP contribution is 2.25. The Kier molecular flexibility index (Phi) is 6.09. The summed E-state index contributed by atoms with van der Waals surface area (Å²) in [6.45, 7) is 5.65. The average Bonchev–Trinajstić information content (AvgIpc) is 2.29. The van der Waals surface area contributed by atoms with Crippen LogP contribution in [0, 0.1) is 16.0 Å². The van der Waals surface area contributed by atoms with E-state index in [0.29, 0.717) is 23.0 Å². The predicted octanol–water partition coefficient (Wildman–Crippen LogP) is 3.77. The molecule has 0 heterocycles. The van der Waals surface area contributed by atoms with Crippen LogP contribution in [-0.4, -0.2) is 11.5 Å². The molecule has 0 saturated heterocycles.